The molecule has 0 aliphatic heterocycles. The Morgan fingerprint density at radius 2 is 1.33 bits per heavy atom. The van der Waals surface area contributed by atoms with Crippen LogP contribution in [0.25, 0.3) is 0 Å². The minimum atomic E-state index is 0. The molecule has 2 bridgehead atoms. The summed E-state index contributed by atoms with van der Waals surface area (Å²) in [5.41, 5.74) is 5.76. The maximum Gasteiger partial charge on any atom is 0.00441 e. The van der Waals surface area contributed by atoms with Gasteiger partial charge in [-0.15, -0.1) is 12.4 Å². The molecule has 0 saturated heterocycles. The highest BCUT2D eigenvalue weighted by atomic mass is 35.5. The van der Waals surface area contributed by atoms with Gasteiger partial charge in [-0.25, -0.2) is 0 Å². The Kier molecular flexibility index (Phi) is 2.02. The molecule has 0 spiro atoms. The van der Waals surface area contributed by atoms with Crippen LogP contribution in [-0.4, -0.2) is 6.04 Å². The molecule has 0 aromatic rings. The first-order valence-corrected chi connectivity index (χ1v) is 3.60. The zero-order valence-electron chi connectivity index (χ0n) is 5.55. The molecular formula is C7H14ClN. The fraction of sp³-hybridized carbons (Fsp3) is 1.00. The lowest BCUT2D eigenvalue weighted by molar-refractivity contribution is 0.0986. The van der Waals surface area contributed by atoms with Gasteiger partial charge < -0.3 is 5.73 Å². The summed E-state index contributed by atoms with van der Waals surface area (Å²) in [7, 11) is 0. The Hall–Kier alpha value is 0.250. The molecule has 9 heavy (non-hydrogen) atoms. The van der Waals surface area contributed by atoms with Crippen molar-refractivity contribution in [3.63, 3.8) is 0 Å². The summed E-state index contributed by atoms with van der Waals surface area (Å²) in [5.74, 6) is 2.06. The highest BCUT2D eigenvalue weighted by Gasteiger charge is 2.36. The highest BCUT2D eigenvalue weighted by molar-refractivity contribution is 5.85. The number of hydrogen-bond donors (Lipinski definition) is 1. The number of fused-ring (bicyclic) bond motifs is 2. The Bertz CT molecular complexity index is 89.1. The van der Waals surface area contributed by atoms with Gasteiger partial charge in [-0.05, 0) is 37.5 Å². The third-order valence-electron chi connectivity index (χ3n) is 2.61. The van der Waals surface area contributed by atoms with Crippen molar-refractivity contribution >= 4 is 12.4 Å². The van der Waals surface area contributed by atoms with E-state index in [4.69, 9.17) is 5.73 Å². The Balaban J connectivity index is 0.000000405. The van der Waals surface area contributed by atoms with Gasteiger partial charge in [0.2, 0.25) is 0 Å². The standard InChI is InChI=1S/C7H13N.ClH/c8-7-3-5-1-6(2-5)4-7;/h5-7H,1-4,8H2;1H. The molecule has 0 radical (unpaired) electrons. The summed E-state index contributed by atoms with van der Waals surface area (Å²) < 4.78 is 0. The van der Waals surface area contributed by atoms with Crippen LogP contribution in [0.1, 0.15) is 25.7 Å². The average molecular weight is 148 g/mol. The van der Waals surface area contributed by atoms with Crippen molar-refractivity contribution in [2.75, 3.05) is 0 Å². The molecule has 0 unspecified atom stereocenters. The predicted molar refractivity (Wildman–Crippen MR) is 40.7 cm³/mol. The van der Waals surface area contributed by atoms with Crippen molar-refractivity contribution in [2.24, 2.45) is 17.6 Å². The average Bonchev–Trinajstić information content (AvgIpc) is 1.62. The van der Waals surface area contributed by atoms with Crippen LogP contribution in [0.5, 0.6) is 0 Å². The SMILES string of the molecule is Cl.NC1CC2CC(C1)C2. The Morgan fingerprint density at radius 1 is 0.889 bits per heavy atom. The first kappa shape index (κ1) is 7.36. The second kappa shape index (κ2) is 2.47. The van der Waals surface area contributed by atoms with Crippen LogP contribution in [-0.2, 0) is 0 Å². The zero-order chi connectivity index (χ0) is 5.56. The minimum absolute atomic E-state index is 0. The summed E-state index contributed by atoms with van der Waals surface area (Å²) in [6.07, 6.45) is 5.62. The number of rotatable bonds is 0. The fourth-order valence-corrected chi connectivity index (χ4v) is 2.21. The lowest BCUT2D eigenvalue weighted by Crippen LogP contribution is -2.40. The predicted octanol–water partition coefficient (Wildman–Crippen LogP) is 1.56. The molecular weight excluding hydrogens is 134 g/mol. The number of hydrogen-bond acceptors (Lipinski definition) is 1. The summed E-state index contributed by atoms with van der Waals surface area (Å²) in [6.45, 7) is 0. The van der Waals surface area contributed by atoms with Crippen molar-refractivity contribution in [1.29, 1.82) is 0 Å². The smallest absolute Gasteiger partial charge is 0.00441 e. The fourth-order valence-electron chi connectivity index (χ4n) is 2.21. The molecule has 0 atom stereocenters. The first-order valence-electron chi connectivity index (χ1n) is 3.60. The van der Waals surface area contributed by atoms with Crippen LogP contribution in [0.3, 0.4) is 0 Å². The van der Waals surface area contributed by atoms with E-state index in [1.165, 1.54) is 25.7 Å². The lowest BCUT2D eigenvalue weighted by Gasteiger charge is -2.43. The van der Waals surface area contributed by atoms with E-state index in [1.807, 2.05) is 0 Å². The molecule has 1 nitrogen and oxygen atoms in total. The van der Waals surface area contributed by atoms with E-state index in [2.05, 4.69) is 0 Å². The topological polar surface area (TPSA) is 26.0 Å². The van der Waals surface area contributed by atoms with Gasteiger partial charge in [0, 0.05) is 6.04 Å². The number of nitrogens with two attached hydrogens (primary N) is 1. The summed E-state index contributed by atoms with van der Waals surface area (Å²) >= 11 is 0. The van der Waals surface area contributed by atoms with E-state index < -0.39 is 0 Å². The van der Waals surface area contributed by atoms with Crippen LogP contribution in [0, 0.1) is 11.8 Å². The van der Waals surface area contributed by atoms with Gasteiger partial charge in [0.1, 0.15) is 0 Å². The van der Waals surface area contributed by atoms with Gasteiger partial charge in [-0.2, -0.15) is 0 Å². The van der Waals surface area contributed by atoms with Crippen LogP contribution in [0.15, 0.2) is 0 Å². The Labute approximate surface area is 62.4 Å². The quantitative estimate of drug-likeness (QED) is 0.553. The van der Waals surface area contributed by atoms with Crippen LogP contribution >= 0.6 is 12.4 Å². The summed E-state index contributed by atoms with van der Waals surface area (Å²) in [4.78, 5) is 0. The first-order chi connectivity index (χ1) is 3.84. The zero-order valence-corrected chi connectivity index (χ0v) is 6.36. The molecule has 3 rings (SSSR count). The van der Waals surface area contributed by atoms with Crippen molar-refractivity contribution < 1.29 is 0 Å². The van der Waals surface area contributed by atoms with Gasteiger partial charge in [0.25, 0.3) is 0 Å². The monoisotopic (exact) mass is 147 g/mol. The van der Waals surface area contributed by atoms with Gasteiger partial charge in [-0.3, -0.25) is 0 Å². The maximum atomic E-state index is 5.76. The van der Waals surface area contributed by atoms with E-state index in [1.54, 1.807) is 0 Å². The molecule has 0 amide bonds. The maximum absolute atomic E-state index is 5.76. The molecule has 2 N–H and O–H groups in total. The van der Waals surface area contributed by atoms with Crippen LogP contribution in [0.2, 0.25) is 0 Å². The summed E-state index contributed by atoms with van der Waals surface area (Å²) in [5, 5.41) is 0. The third kappa shape index (κ3) is 1.22. The second-order valence-electron chi connectivity index (χ2n) is 3.43. The number of halogens is 1. The molecule has 3 aliphatic rings. The molecule has 3 fully saturated rings. The van der Waals surface area contributed by atoms with Gasteiger partial charge in [-0.1, -0.05) is 0 Å². The lowest BCUT2D eigenvalue weighted by atomic mass is 9.64. The van der Waals surface area contributed by atoms with Crippen molar-refractivity contribution in [2.45, 2.75) is 31.7 Å². The van der Waals surface area contributed by atoms with Gasteiger partial charge in [0.15, 0.2) is 0 Å². The molecule has 2 heteroatoms. The molecule has 0 aromatic carbocycles. The Morgan fingerprint density at radius 3 is 1.56 bits per heavy atom. The second-order valence-corrected chi connectivity index (χ2v) is 3.43. The summed E-state index contributed by atoms with van der Waals surface area (Å²) in [6, 6.07) is 0.562. The molecule has 54 valence electrons. The van der Waals surface area contributed by atoms with E-state index >= 15 is 0 Å². The third-order valence-corrected chi connectivity index (χ3v) is 2.61. The largest absolute Gasteiger partial charge is 0.328 e. The normalized spacial score (nSPS) is 47.0. The molecule has 3 saturated carbocycles. The van der Waals surface area contributed by atoms with Crippen LogP contribution in [0.4, 0.5) is 0 Å². The van der Waals surface area contributed by atoms with E-state index in [9.17, 15) is 0 Å². The molecule has 0 aromatic heterocycles. The van der Waals surface area contributed by atoms with Gasteiger partial charge >= 0.3 is 0 Å². The van der Waals surface area contributed by atoms with Crippen molar-refractivity contribution in [1.82, 2.24) is 0 Å². The minimum Gasteiger partial charge on any atom is -0.328 e. The van der Waals surface area contributed by atoms with E-state index in [0.717, 1.165) is 11.8 Å². The highest BCUT2D eigenvalue weighted by Crippen LogP contribution is 2.44. The van der Waals surface area contributed by atoms with E-state index in [0.29, 0.717) is 6.04 Å². The van der Waals surface area contributed by atoms with Crippen LogP contribution < -0.4 is 5.73 Å². The van der Waals surface area contributed by atoms with Crippen molar-refractivity contribution in [3.05, 3.63) is 0 Å². The molecule has 3 aliphatic carbocycles. The van der Waals surface area contributed by atoms with Gasteiger partial charge in [0.05, 0.1) is 0 Å². The molecule has 0 heterocycles. The van der Waals surface area contributed by atoms with E-state index in [-0.39, 0.29) is 12.4 Å². The van der Waals surface area contributed by atoms with Crippen molar-refractivity contribution in [3.8, 4) is 0 Å².